The molecule has 0 aliphatic carbocycles. The number of carbonyl (C=O) groups is 1. The zero-order chi connectivity index (χ0) is 20.0. The Kier molecular flexibility index (Phi) is 6.90. The summed E-state index contributed by atoms with van der Waals surface area (Å²) in [4.78, 5) is 24.9. The number of nitro benzene ring substituents is 1. The van der Waals surface area contributed by atoms with Crippen LogP contribution in [0.2, 0.25) is 0 Å². The molecule has 7 heteroatoms. The quantitative estimate of drug-likeness (QED) is 0.566. The van der Waals surface area contributed by atoms with Gasteiger partial charge < -0.3 is 10.1 Å². The Bertz CT molecular complexity index is 805. The normalized spacial score (nSPS) is 11.9. The molecule has 1 N–H and O–H groups in total. The summed E-state index contributed by atoms with van der Waals surface area (Å²) in [7, 11) is 3.29. The van der Waals surface area contributed by atoms with Gasteiger partial charge in [0.2, 0.25) is 5.91 Å². The van der Waals surface area contributed by atoms with Crippen LogP contribution < -0.4 is 10.1 Å². The lowest BCUT2D eigenvalue weighted by molar-refractivity contribution is -0.384. The lowest BCUT2D eigenvalue weighted by atomic mass is 10.1. The van der Waals surface area contributed by atoms with Gasteiger partial charge in [0.1, 0.15) is 5.75 Å². The monoisotopic (exact) mass is 371 g/mol. The van der Waals surface area contributed by atoms with E-state index in [4.69, 9.17) is 4.74 Å². The number of benzene rings is 2. The van der Waals surface area contributed by atoms with Crippen molar-refractivity contribution in [1.29, 1.82) is 0 Å². The Balaban J connectivity index is 2.04. The van der Waals surface area contributed by atoms with E-state index in [1.165, 1.54) is 30.9 Å². The van der Waals surface area contributed by atoms with Crippen LogP contribution in [0.3, 0.4) is 0 Å². The van der Waals surface area contributed by atoms with E-state index < -0.39 is 11.0 Å². The summed E-state index contributed by atoms with van der Waals surface area (Å²) >= 11 is 0. The average Bonchev–Trinajstić information content (AvgIpc) is 2.67. The van der Waals surface area contributed by atoms with Crippen LogP contribution in [0.15, 0.2) is 42.5 Å². The van der Waals surface area contributed by atoms with E-state index >= 15 is 0 Å². The molecule has 0 fully saturated rings. The Morgan fingerprint density at radius 1 is 1.22 bits per heavy atom. The minimum absolute atomic E-state index is 0.0921. The summed E-state index contributed by atoms with van der Waals surface area (Å²) in [5.41, 5.74) is 2.71. The van der Waals surface area contributed by atoms with Crippen LogP contribution in [0.25, 0.3) is 0 Å². The first kappa shape index (κ1) is 20.4. The first-order chi connectivity index (χ1) is 12.8. The molecule has 27 heavy (non-hydrogen) atoms. The maximum absolute atomic E-state index is 12.6. The predicted molar refractivity (Wildman–Crippen MR) is 105 cm³/mol. The number of nitrogens with zero attached hydrogens (tertiary/aromatic N) is 2. The van der Waals surface area contributed by atoms with Crippen molar-refractivity contribution in [1.82, 2.24) is 4.90 Å². The minimum atomic E-state index is -0.506. The van der Waals surface area contributed by atoms with E-state index in [1.807, 2.05) is 18.9 Å². The van der Waals surface area contributed by atoms with Crippen LogP contribution >= 0.6 is 0 Å². The summed E-state index contributed by atoms with van der Waals surface area (Å²) in [6, 6.07) is 12.0. The first-order valence-electron chi connectivity index (χ1n) is 8.77. The number of likely N-dealkylation sites (N-methyl/N-ethyl adjacent to an activating group) is 1. The molecule has 2 aromatic rings. The molecule has 0 radical (unpaired) electrons. The second-order valence-electron chi connectivity index (χ2n) is 6.39. The number of hydrogen-bond donors (Lipinski definition) is 1. The number of aryl methyl sites for hydroxylation is 1. The van der Waals surface area contributed by atoms with Gasteiger partial charge in [0.05, 0.1) is 29.8 Å². The largest absolute Gasteiger partial charge is 0.494 e. The molecular formula is C20H25N3O4. The summed E-state index contributed by atoms with van der Waals surface area (Å²) in [5.74, 6) is 0.0392. The van der Waals surface area contributed by atoms with Crippen LogP contribution in [0.4, 0.5) is 11.4 Å². The molecule has 2 rings (SSSR count). The SMILES string of the molecule is CCc1ccc(CN(C)[C@H](C)C(=O)Nc2ccc([N+](=O)[O-])cc2OC)cc1. The van der Waals surface area contributed by atoms with Crippen molar-refractivity contribution in [2.75, 3.05) is 19.5 Å². The zero-order valence-corrected chi connectivity index (χ0v) is 16.1. The van der Waals surface area contributed by atoms with Crippen molar-refractivity contribution in [3.8, 4) is 5.75 Å². The topological polar surface area (TPSA) is 84.7 Å². The number of amides is 1. The Labute approximate surface area is 159 Å². The number of methoxy groups -OCH3 is 1. The van der Waals surface area contributed by atoms with E-state index in [-0.39, 0.29) is 17.3 Å². The third-order valence-electron chi connectivity index (χ3n) is 4.56. The smallest absolute Gasteiger partial charge is 0.273 e. The summed E-state index contributed by atoms with van der Waals surface area (Å²) in [5, 5.41) is 13.7. The molecule has 7 nitrogen and oxygen atoms in total. The molecule has 0 saturated heterocycles. The fraction of sp³-hybridized carbons (Fsp3) is 0.350. The second kappa shape index (κ2) is 9.14. The van der Waals surface area contributed by atoms with E-state index in [0.29, 0.717) is 12.2 Å². The summed E-state index contributed by atoms with van der Waals surface area (Å²) in [6.45, 7) is 4.56. The third kappa shape index (κ3) is 5.27. The highest BCUT2D eigenvalue weighted by Crippen LogP contribution is 2.29. The molecule has 1 atom stereocenters. The van der Waals surface area contributed by atoms with Crippen LogP contribution in [-0.2, 0) is 17.8 Å². The first-order valence-corrected chi connectivity index (χ1v) is 8.77. The molecule has 0 aromatic heterocycles. The Hall–Kier alpha value is -2.93. The lowest BCUT2D eigenvalue weighted by Gasteiger charge is -2.24. The summed E-state index contributed by atoms with van der Waals surface area (Å²) < 4.78 is 5.16. The standard InChI is InChI=1S/C20H25N3O4/c1-5-15-6-8-16(9-7-15)13-22(3)14(2)20(24)21-18-11-10-17(23(25)26)12-19(18)27-4/h6-12,14H,5,13H2,1-4H3,(H,21,24)/t14-/m1/s1. The number of nitro groups is 1. The number of nitrogens with one attached hydrogen (secondary N) is 1. The maximum Gasteiger partial charge on any atom is 0.273 e. The van der Waals surface area contributed by atoms with Crippen molar-refractivity contribution in [2.24, 2.45) is 0 Å². The lowest BCUT2D eigenvalue weighted by Crippen LogP contribution is -2.39. The summed E-state index contributed by atoms with van der Waals surface area (Å²) in [6.07, 6.45) is 0.992. The number of carbonyl (C=O) groups excluding carboxylic acids is 1. The van der Waals surface area contributed by atoms with Gasteiger partial charge in [0.15, 0.2) is 0 Å². The Morgan fingerprint density at radius 3 is 2.41 bits per heavy atom. The fourth-order valence-electron chi connectivity index (χ4n) is 2.64. The van der Waals surface area contributed by atoms with Crippen molar-refractivity contribution in [3.63, 3.8) is 0 Å². The van der Waals surface area contributed by atoms with E-state index in [1.54, 1.807) is 0 Å². The molecule has 144 valence electrons. The van der Waals surface area contributed by atoms with Gasteiger partial charge in [0.25, 0.3) is 5.69 Å². The molecule has 0 saturated carbocycles. The molecule has 0 unspecified atom stereocenters. The van der Waals surface area contributed by atoms with Gasteiger partial charge in [0, 0.05) is 12.6 Å². The number of rotatable bonds is 8. The average molecular weight is 371 g/mol. The van der Waals surface area contributed by atoms with Crippen LogP contribution in [-0.4, -0.2) is 35.9 Å². The molecule has 0 bridgehead atoms. The van der Waals surface area contributed by atoms with Crippen molar-refractivity contribution in [3.05, 3.63) is 63.7 Å². The fourth-order valence-corrected chi connectivity index (χ4v) is 2.64. The van der Waals surface area contributed by atoms with Crippen LogP contribution in [0, 0.1) is 10.1 Å². The predicted octanol–water partition coefficient (Wildman–Crippen LogP) is 3.62. The number of anilines is 1. The van der Waals surface area contributed by atoms with Gasteiger partial charge in [-0.1, -0.05) is 31.2 Å². The second-order valence-corrected chi connectivity index (χ2v) is 6.39. The van der Waals surface area contributed by atoms with E-state index in [9.17, 15) is 14.9 Å². The Morgan fingerprint density at radius 2 is 1.85 bits per heavy atom. The molecule has 0 spiro atoms. The van der Waals surface area contributed by atoms with Gasteiger partial charge in [-0.05, 0) is 37.6 Å². The number of hydrogen-bond acceptors (Lipinski definition) is 5. The molecule has 0 heterocycles. The van der Waals surface area contributed by atoms with Crippen molar-refractivity contribution >= 4 is 17.3 Å². The molecule has 0 aliphatic heterocycles. The minimum Gasteiger partial charge on any atom is -0.494 e. The highest BCUT2D eigenvalue weighted by atomic mass is 16.6. The van der Waals surface area contributed by atoms with Crippen LogP contribution in [0.1, 0.15) is 25.0 Å². The van der Waals surface area contributed by atoms with Gasteiger partial charge in [-0.3, -0.25) is 19.8 Å². The highest BCUT2D eigenvalue weighted by Gasteiger charge is 2.20. The van der Waals surface area contributed by atoms with Crippen molar-refractivity contribution < 1.29 is 14.5 Å². The van der Waals surface area contributed by atoms with Gasteiger partial charge in [-0.2, -0.15) is 0 Å². The zero-order valence-electron chi connectivity index (χ0n) is 16.1. The third-order valence-corrected chi connectivity index (χ3v) is 4.56. The molecule has 1 amide bonds. The van der Waals surface area contributed by atoms with Gasteiger partial charge in [-0.15, -0.1) is 0 Å². The maximum atomic E-state index is 12.6. The van der Waals surface area contributed by atoms with Gasteiger partial charge in [-0.25, -0.2) is 0 Å². The number of non-ortho nitro benzene ring substituents is 1. The van der Waals surface area contributed by atoms with Crippen LogP contribution in [0.5, 0.6) is 5.75 Å². The molecular weight excluding hydrogens is 346 g/mol. The van der Waals surface area contributed by atoms with Gasteiger partial charge >= 0.3 is 0 Å². The van der Waals surface area contributed by atoms with E-state index in [0.717, 1.165) is 12.0 Å². The van der Waals surface area contributed by atoms with E-state index in [2.05, 4.69) is 36.5 Å². The molecule has 0 aliphatic rings. The highest BCUT2D eigenvalue weighted by molar-refractivity contribution is 5.96. The number of ether oxygens (including phenoxy) is 1. The van der Waals surface area contributed by atoms with Crippen molar-refractivity contribution in [2.45, 2.75) is 32.9 Å². The molecule has 2 aromatic carbocycles.